The quantitative estimate of drug-likeness (QED) is 0.364. The third-order valence-corrected chi connectivity index (χ3v) is 0. The predicted molar refractivity (Wildman–Crippen MR) is 0 cm³/mol. The van der Waals surface area contributed by atoms with Crippen LogP contribution in [0.5, 0.6) is 0 Å². The Kier molecular flexibility index (Phi) is 125. The largest absolute Gasteiger partial charge is 3.00 e. The van der Waals surface area contributed by atoms with Gasteiger partial charge >= 0.3 is 65.2 Å². The van der Waals surface area contributed by atoms with Crippen LogP contribution in [0.15, 0.2) is 0 Å². The molecule has 0 nitrogen and oxygen atoms in total. The van der Waals surface area contributed by atoms with Crippen molar-refractivity contribution in [2.45, 2.75) is 0 Å². The Morgan fingerprint density at radius 3 is 0.750 bits per heavy atom. The molecule has 0 spiro atoms. The summed E-state index contributed by atoms with van der Waals surface area (Å²) in [5.41, 5.74) is 0. The van der Waals surface area contributed by atoms with E-state index in [2.05, 4.69) is 0 Å². The topological polar surface area (TPSA) is 0 Å². The molecule has 16 valence electrons. The summed E-state index contributed by atoms with van der Waals surface area (Å²) in [6, 6.07) is 0. The van der Waals surface area contributed by atoms with Gasteiger partial charge in [-0.25, -0.2) is 0 Å². The molecule has 0 atom stereocenters. The van der Waals surface area contributed by atoms with Gasteiger partial charge in [0.15, 0.2) is 0 Å². The van der Waals surface area contributed by atoms with Gasteiger partial charge in [0.2, 0.25) is 0 Å². The molecule has 0 aliphatic rings. The molecule has 0 bridgehead atoms. The standard InChI is InChI=1S/2ClH.La.Na/h2*1H;;/q;;+3;+1/p-2. The average molecular weight is 233 g/mol. The summed E-state index contributed by atoms with van der Waals surface area (Å²) in [6.45, 7) is 0. The summed E-state index contributed by atoms with van der Waals surface area (Å²) in [7, 11) is 0. The minimum absolute atomic E-state index is 0. The first kappa shape index (κ1) is 29.3. The smallest absolute Gasteiger partial charge is 1.00 e. The van der Waals surface area contributed by atoms with Crippen molar-refractivity contribution in [1.29, 1.82) is 0 Å². The fourth-order valence-electron chi connectivity index (χ4n) is 0. The van der Waals surface area contributed by atoms with Crippen LogP contribution in [0.4, 0.5) is 0 Å². The predicted octanol–water partition coefficient (Wildman–Crippen LogP) is -8.99. The molecule has 0 saturated heterocycles. The van der Waals surface area contributed by atoms with E-state index >= 15 is 0 Å². The summed E-state index contributed by atoms with van der Waals surface area (Å²) < 4.78 is 0. The Morgan fingerprint density at radius 2 is 0.750 bits per heavy atom. The van der Waals surface area contributed by atoms with E-state index in [0.717, 1.165) is 0 Å². The van der Waals surface area contributed by atoms with Crippen LogP contribution >= 0.6 is 0 Å². The number of halogens is 2. The van der Waals surface area contributed by atoms with Crippen LogP contribution in [0.25, 0.3) is 0 Å². The van der Waals surface area contributed by atoms with Crippen LogP contribution in [-0.4, -0.2) is 0 Å². The van der Waals surface area contributed by atoms with E-state index in [1.54, 1.807) is 0 Å². The fraction of sp³-hybridized carbons (Fsp3) is 0. The third kappa shape index (κ3) is 8.84. The van der Waals surface area contributed by atoms with Crippen molar-refractivity contribution < 1.29 is 90.0 Å². The van der Waals surface area contributed by atoms with E-state index in [-0.39, 0.29) is 90.0 Å². The molecule has 4 heteroatoms. The Hall–Kier alpha value is 2.77. The molecule has 0 heterocycles. The molecule has 0 unspecified atom stereocenters. The summed E-state index contributed by atoms with van der Waals surface area (Å²) in [6.07, 6.45) is 0. The molecule has 0 radical (unpaired) electrons. The van der Waals surface area contributed by atoms with Gasteiger partial charge in [-0.2, -0.15) is 0 Å². The van der Waals surface area contributed by atoms with Crippen molar-refractivity contribution in [2.24, 2.45) is 0 Å². The number of rotatable bonds is 0. The van der Waals surface area contributed by atoms with E-state index < -0.39 is 0 Å². The first-order valence-corrected chi connectivity index (χ1v) is 0. The maximum absolute atomic E-state index is 0. The molecule has 0 amide bonds. The van der Waals surface area contributed by atoms with Crippen LogP contribution in [0.1, 0.15) is 0 Å². The van der Waals surface area contributed by atoms with E-state index in [9.17, 15) is 0 Å². The number of hydrogen-bond donors (Lipinski definition) is 0. The SMILES string of the molecule is [Cl-].[Cl-].[La+3].[Na+]. The van der Waals surface area contributed by atoms with Gasteiger partial charge in [-0.3, -0.25) is 0 Å². The fourth-order valence-corrected chi connectivity index (χ4v) is 0. The van der Waals surface area contributed by atoms with E-state index in [1.807, 2.05) is 0 Å². The van der Waals surface area contributed by atoms with Gasteiger partial charge in [0.1, 0.15) is 0 Å². The molecule has 0 saturated carbocycles. The molecule has 0 aliphatic heterocycles. The second kappa shape index (κ2) is 17.1. The van der Waals surface area contributed by atoms with Crippen molar-refractivity contribution >= 4 is 0 Å². The van der Waals surface area contributed by atoms with Gasteiger partial charge in [0, 0.05) is 0 Å². The van der Waals surface area contributed by atoms with Crippen LogP contribution in [0.3, 0.4) is 0 Å². The summed E-state index contributed by atoms with van der Waals surface area (Å²) in [4.78, 5) is 0. The minimum atomic E-state index is 0. The van der Waals surface area contributed by atoms with Crippen LogP contribution in [-0.2, 0) is 0 Å². The second-order valence-corrected chi connectivity index (χ2v) is 0. The van der Waals surface area contributed by atoms with Gasteiger partial charge in [-0.1, -0.05) is 0 Å². The minimum Gasteiger partial charge on any atom is -1.00 e. The number of hydrogen-bond acceptors (Lipinski definition) is 0. The summed E-state index contributed by atoms with van der Waals surface area (Å²) in [5.74, 6) is 0. The monoisotopic (exact) mass is 232 g/mol. The van der Waals surface area contributed by atoms with Crippen molar-refractivity contribution in [2.75, 3.05) is 0 Å². The molecule has 0 aromatic carbocycles. The first-order valence-electron chi connectivity index (χ1n) is 0. The zero-order chi connectivity index (χ0) is 0. The maximum Gasteiger partial charge on any atom is 3.00 e. The average Bonchev–Trinajstić information content (AvgIpc) is 0. The van der Waals surface area contributed by atoms with Gasteiger partial charge in [0.25, 0.3) is 0 Å². The van der Waals surface area contributed by atoms with E-state index in [4.69, 9.17) is 0 Å². The van der Waals surface area contributed by atoms with E-state index in [1.165, 1.54) is 0 Å². The molecular weight excluding hydrogens is 233 g/mol. The van der Waals surface area contributed by atoms with Gasteiger partial charge in [-0.05, 0) is 0 Å². The molecule has 0 fully saturated rings. The normalized spacial score (nSPS) is 0. The first-order chi connectivity index (χ1) is 0. The van der Waals surface area contributed by atoms with E-state index in [0.29, 0.717) is 0 Å². The third-order valence-electron chi connectivity index (χ3n) is 0. The maximum atomic E-state index is 0. The van der Waals surface area contributed by atoms with Gasteiger partial charge in [-0.15, -0.1) is 0 Å². The second-order valence-electron chi connectivity index (χ2n) is 0. The van der Waals surface area contributed by atoms with Crippen molar-refractivity contribution in [1.82, 2.24) is 0 Å². The van der Waals surface area contributed by atoms with Crippen molar-refractivity contribution in [3.8, 4) is 0 Å². The Labute approximate surface area is 88.2 Å². The zero-order valence-electron chi connectivity index (χ0n) is 2.33. The van der Waals surface area contributed by atoms with Crippen LogP contribution in [0.2, 0.25) is 0 Å². The van der Waals surface area contributed by atoms with Crippen LogP contribution < -0.4 is 54.4 Å². The molecule has 4 heavy (non-hydrogen) atoms. The molecule has 0 N–H and O–H groups in total. The molecule has 0 aromatic heterocycles. The van der Waals surface area contributed by atoms with Crippen molar-refractivity contribution in [3.63, 3.8) is 0 Å². The molecule has 0 aromatic rings. The van der Waals surface area contributed by atoms with Gasteiger partial charge < -0.3 is 24.8 Å². The summed E-state index contributed by atoms with van der Waals surface area (Å²) >= 11 is 0. The van der Waals surface area contributed by atoms with Crippen molar-refractivity contribution in [3.05, 3.63) is 0 Å². The molecular formula is Cl2LaNa+2. The Morgan fingerprint density at radius 1 is 0.750 bits per heavy atom. The van der Waals surface area contributed by atoms with Gasteiger partial charge in [0.05, 0.1) is 0 Å². The zero-order valence-corrected chi connectivity index (χ0v) is 9.47. The molecule has 0 aliphatic carbocycles. The molecule has 0 rings (SSSR count). The Bertz CT molecular complexity index is 6.00. The Balaban J connectivity index is 0. The van der Waals surface area contributed by atoms with Crippen LogP contribution in [0, 0.1) is 35.6 Å². The summed E-state index contributed by atoms with van der Waals surface area (Å²) in [5, 5.41) is 0.